The number of methoxy groups -OCH3 is 1. The van der Waals surface area contributed by atoms with Gasteiger partial charge in [0.25, 0.3) is 0 Å². The first-order valence-electron chi connectivity index (χ1n) is 5.26. The Hall–Kier alpha value is -0.930. The zero-order chi connectivity index (χ0) is 12.3. The summed E-state index contributed by atoms with van der Waals surface area (Å²) in [7, 11) is 3.57. The molecule has 0 aliphatic carbocycles. The van der Waals surface area contributed by atoms with E-state index in [9.17, 15) is 0 Å². The highest BCUT2D eigenvalue weighted by atomic mass is 35.5. The molecule has 0 aliphatic heterocycles. The van der Waals surface area contributed by atoms with E-state index in [-0.39, 0.29) is 0 Å². The summed E-state index contributed by atoms with van der Waals surface area (Å²) in [6, 6.07) is 0. The molecule has 0 heterocycles. The van der Waals surface area contributed by atoms with Gasteiger partial charge in [-0.25, -0.2) is 0 Å². The minimum Gasteiger partial charge on any atom is -0.494 e. The van der Waals surface area contributed by atoms with Crippen LogP contribution in [0.15, 0.2) is 0 Å². The van der Waals surface area contributed by atoms with Gasteiger partial charge >= 0.3 is 0 Å². The van der Waals surface area contributed by atoms with E-state index in [1.54, 1.807) is 7.11 Å². The molecule has 0 aromatic heterocycles. The van der Waals surface area contributed by atoms with Crippen LogP contribution in [0.2, 0.25) is 5.02 Å². The molecule has 1 aromatic carbocycles. The van der Waals surface area contributed by atoms with Crippen molar-refractivity contribution in [3.05, 3.63) is 21.7 Å². The van der Waals surface area contributed by atoms with E-state index < -0.39 is 0 Å². The number of rotatable bonds is 4. The third kappa shape index (κ3) is 2.25. The van der Waals surface area contributed by atoms with Crippen LogP contribution in [-0.2, 0) is 0 Å². The minimum absolute atomic E-state index is 0.677. The summed E-state index contributed by atoms with van der Waals surface area (Å²) in [6.45, 7) is 6.70. The van der Waals surface area contributed by atoms with E-state index >= 15 is 0 Å². The normalized spacial score (nSPS) is 10.4. The van der Waals surface area contributed by atoms with Gasteiger partial charge in [0.15, 0.2) is 0 Å². The van der Waals surface area contributed by atoms with E-state index in [1.807, 2.05) is 27.8 Å². The highest BCUT2D eigenvalue weighted by molar-refractivity contribution is 6.32. The second kappa shape index (κ2) is 5.41. The van der Waals surface area contributed by atoms with E-state index in [2.05, 4.69) is 10.6 Å². The van der Waals surface area contributed by atoms with Crippen molar-refractivity contribution in [1.29, 1.82) is 0 Å². The molecule has 2 N–H and O–H groups in total. The molecular formula is C12H19ClN2O. The molecule has 16 heavy (non-hydrogen) atoms. The topological polar surface area (TPSA) is 33.3 Å². The van der Waals surface area contributed by atoms with Gasteiger partial charge in [-0.15, -0.1) is 0 Å². The third-order valence-electron chi connectivity index (χ3n) is 2.81. The molecule has 0 amide bonds. The predicted molar refractivity (Wildman–Crippen MR) is 69.8 cm³/mol. The third-order valence-corrected chi connectivity index (χ3v) is 3.38. The molecule has 1 rings (SSSR count). The van der Waals surface area contributed by atoms with Crippen molar-refractivity contribution in [2.75, 3.05) is 26.1 Å². The van der Waals surface area contributed by atoms with Crippen LogP contribution in [0.3, 0.4) is 0 Å². The number of hydrogen-bond donors (Lipinski definition) is 2. The molecule has 0 bridgehead atoms. The first-order chi connectivity index (χ1) is 7.54. The van der Waals surface area contributed by atoms with Crippen LogP contribution < -0.4 is 15.4 Å². The van der Waals surface area contributed by atoms with E-state index in [1.165, 1.54) is 0 Å². The SMILES string of the molecule is CNCNc1c(C)c(Cl)c(C)c(C)c1OC. The van der Waals surface area contributed by atoms with Gasteiger partial charge in [0.05, 0.1) is 19.5 Å². The minimum atomic E-state index is 0.677. The van der Waals surface area contributed by atoms with Gasteiger partial charge in [-0.1, -0.05) is 11.6 Å². The maximum absolute atomic E-state index is 6.28. The average Bonchev–Trinajstić information content (AvgIpc) is 2.29. The van der Waals surface area contributed by atoms with Crippen LogP contribution in [-0.4, -0.2) is 20.8 Å². The Morgan fingerprint density at radius 1 is 1.12 bits per heavy atom. The van der Waals surface area contributed by atoms with E-state index in [4.69, 9.17) is 16.3 Å². The van der Waals surface area contributed by atoms with Gasteiger partial charge in [-0.3, -0.25) is 0 Å². The van der Waals surface area contributed by atoms with Crippen molar-refractivity contribution in [2.24, 2.45) is 0 Å². The quantitative estimate of drug-likeness (QED) is 0.797. The van der Waals surface area contributed by atoms with Gasteiger partial charge in [-0.2, -0.15) is 0 Å². The number of ether oxygens (including phenoxy) is 1. The van der Waals surface area contributed by atoms with Gasteiger partial charge in [0.2, 0.25) is 0 Å². The van der Waals surface area contributed by atoms with Crippen molar-refractivity contribution in [3.63, 3.8) is 0 Å². The van der Waals surface area contributed by atoms with Crippen molar-refractivity contribution in [3.8, 4) is 5.75 Å². The Kier molecular flexibility index (Phi) is 4.44. The molecule has 4 heteroatoms. The Morgan fingerprint density at radius 2 is 1.75 bits per heavy atom. The standard InChI is InChI=1S/C12H19ClN2O/c1-7-8(2)12(16-5)11(15-6-14-4)9(3)10(7)13/h14-15H,6H2,1-5H3. The van der Waals surface area contributed by atoms with Crippen LogP contribution in [0.1, 0.15) is 16.7 Å². The first kappa shape index (κ1) is 13.1. The largest absolute Gasteiger partial charge is 0.494 e. The molecule has 1 aromatic rings. The average molecular weight is 243 g/mol. The molecule has 0 fully saturated rings. The second-order valence-corrected chi connectivity index (χ2v) is 4.18. The summed E-state index contributed by atoms with van der Waals surface area (Å²) in [5.41, 5.74) is 4.14. The van der Waals surface area contributed by atoms with Crippen LogP contribution in [0.4, 0.5) is 5.69 Å². The molecular weight excluding hydrogens is 224 g/mol. The molecule has 0 saturated carbocycles. The zero-order valence-electron chi connectivity index (χ0n) is 10.5. The number of benzene rings is 1. The Labute approximate surface area is 102 Å². The lowest BCUT2D eigenvalue weighted by Crippen LogP contribution is -2.18. The Balaban J connectivity index is 3.33. The lowest BCUT2D eigenvalue weighted by atomic mass is 10.0. The fraction of sp³-hybridized carbons (Fsp3) is 0.500. The van der Waals surface area contributed by atoms with E-state index in [0.717, 1.165) is 33.1 Å². The van der Waals surface area contributed by atoms with Crippen LogP contribution in [0, 0.1) is 20.8 Å². The van der Waals surface area contributed by atoms with Crippen molar-refractivity contribution < 1.29 is 4.74 Å². The van der Waals surface area contributed by atoms with Crippen molar-refractivity contribution >= 4 is 17.3 Å². The summed E-state index contributed by atoms with van der Waals surface area (Å²) < 4.78 is 5.44. The van der Waals surface area contributed by atoms with Gasteiger partial charge < -0.3 is 15.4 Å². The van der Waals surface area contributed by atoms with Crippen LogP contribution >= 0.6 is 11.6 Å². The molecule has 0 atom stereocenters. The fourth-order valence-electron chi connectivity index (χ4n) is 1.73. The van der Waals surface area contributed by atoms with Crippen LogP contribution in [0.25, 0.3) is 0 Å². The lowest BCUT2D eigenvalue weighted by molar-refractivity contribution is 0.412. The Bertz CT molecular complexity index is 391. The smallest absolute Gasteiger partial charge is 0.145 e. The van der Waals surface area contributed by atoms with Crippen molar-refractivity contribution in [1.82, 2.24) is 5.32 Å². The molecule has 0 aliphatic rings. The Morgan fingerprint density at radius 3 is 2.25 bits per heavy atom. The number of anilines is 1. The second-order valence-electron chi connectivity index (χ2n) is 3.80. The van der Waals surface area contributed by atoms with Crippen molar-refractivity contribution in [2.45, 2.75) is 20.8 Å². The first-order valence-corrected chi connectivity index (χ1v) is 5.64. The molecule has 0 saturated heterocycles. The summed E-state index contributed by atoms with van der Waals surface area (Å²) >= 11 is 6.28. The summed E-state index contributed by atoms with van der Waals surface area (Å²) in [5, 5.41) is 7.11. The molecule has 90 valence electrons. The monoisotopic (exact) mass is 242 g/mol. The zero-order valence-corrected chi connectivity index (χ0v) is 11.2. The fourth-order valence-corrected chi connectivity index (χ4v) is 1.96. The molecule has 0 spiro atoms. The predicted octanol–water partition coefficient (Wildman–Crippen LogP) is 2.86. The lowest BCUT2D eigenvalue weighted by Gasteiger charge is -2.19. The van der Waals surface area contributed by atoms with Gasteiger partial charge in [0.1, 0.15) is 5.75 Å². The highest BCUT2D eigenvalue weighted by Gasteiger charge is 2.16. The highest BCUT2D eigenvalue weighted by Crippen LogP contribution is 2.39. The molecule has 0 radical (unpaired) electrons. The summed E-state index contributed by atoms with van der Waals surface area (Å²) in [6.07, 6.45) is 0. The number of nitrogens with one attached hydrogen (secondary N) is 2. The maximum Gasteiger partial charge on any atom is 0.145 e. The summed E-state index contributed by atoms with van der Waals surface area (Å²) in [5.74, 6) is 0.870. The summed E-state index contributed by atoms with van der Waals surface area (Å²) in [4.78, 5) is 0. The van der Waals surface area contributed by atoms with Crippen LogP contribution in [0.5, 0.6) is 5.75 Å². The van der Waals surface area contributed by atoms with E-state index in [0.29, 0.717) is 6.67 Å². The maximum atomic E-state index is 6.28. The molecule has 3 nitrogen and oxygen atoms in total. The van der Waals surface area contributed by atoms with Gasteiger partial charge in [0, 0.05) is 5.02 Å². The van der Waals surface area contributed by atoms with Gasteiger partial charge in [-0.05, 0) is 44.5 Å². The number of hydrogen-bond acceptors (Lipinski definition) is 3. The molecule has 0 unspecified atom stereocenters. The number of halogens is 1.